The van der Waals surface area contributed by atoms with Crippen LogP contribution in [0.25, 0.3) is 10.9 Å². The fourth-order valence-corrected chi connectivity index (χ4v) is 2.18. The Labute approximate surface area is 129 Å². The first-order chi connectivity index (χ1) is 11.0. The van der Waals surface area contributed by atoms with Crippen LogP contribution in [0.1, 0.15) is 0 Å². The molecule has 0 bridgehead atoms. The SMILES string of the molecule is COc1cc2nccc(Oc3c(F)cc(N)cc3F)c2cc1O. The van der Waals surface area contributed by atoms with Gasteiger partial charge in [0.1, 0.15) is 5.75 Å². The van der Waals surface area contributed by atoms with E-state index < -0.39 is 17.4 Å². The summed E-state index contributed by atoms with van der Waals surface area (Å²) in [5.74, 6) is -2.21. The van der Waals surface area contributed by atoms with Gasteiger partial charge in [-0.1, -0.05) is 0 Å². The van der Waals surface area contributed by atoms with Crippen molar-refractivity contribution in [3.63, 3.8) is 0 Å². The van der Waals surface area contributed by atoms with Crippen molar-refractivity contribution in [2.45, 2.75) is 0 Å². The van der Waals surface area contributed by atoms with Crippen molar-refractivity contribution in [2.24, 2.45) is 0 Å². The van der Waals surface area contributed by atoms with E-state index in [1.165, 1.54) is 31.5 Å². The second kappa shape index (κ2) is 5.60. The van der Waals surface area contributed by atoms with Gasteiger partial charge in [0.05, 0.1) is 12.6 Å². The minimum atomic E-state index is -0.926. The molecule has 3 rings (SSSR count). The Balaban J connectivity index is 2.13. The molecule has 0 aliphatic carbocycles. The second-order valence-corrected chi connectivity index (χ2v) is 4.77. The van der Waals surface area contributed by atoms with Crippen molar-refractivity contribution in [1.82, 2.24) is 4.98 Å². The Bertz CT molecular complexity index is 877. The number of aromatic nitrogens is 1. The molecule has 2 aromatic carbocycles. The molecule has 0 atom stereocenters. The van der Waals surface area contributed by atoms with Gasteiger partial charge in [0.25, 0.3) is 0 Å². The molecule has 7 heteroatoms. The van der Waals surface area contributed by atoms with Gasteiger partial charge < -0.3 is 20.3 Å². The zero-order valence-corrected chi connectivity index (χ0v) is 12.0. The zero-order chi connectivity index (χ0) is 16.6. The number of anilines is 1. The molecule has 0 spiro atoms. The maximum absolute atomic E-state index is 13.9. The fourth-order valence-electron chi connectivity index (χ4n) is 2.18. The van der Waals surface area contributed by atoms with Crippen molar-refractivity contribution in [3.8, 4) is 23.0 Å². The number of ether oxygens (including phenoxy) is 2. The standard InChI is InChI=1S/C16H12F2N2O3/c1-22-15-7-12-9(6-13(15)21)14(2-3-20-12)23-16-10(17)4-8(19)5-11(16)18/h2-7,21H,19H2,1H3. The van der Waals surface area contributed by atoms with Crippen LogP contribution in [-0.2, 0) is 0 Å². The Kier molecular flexibility index (Phi) is 3.61. The summed E-state index contributed by atoms with van der Waals surface area (Å²) in [6.45, 7) is 0. The Hall–Kier alpha value is -3.09. The summed E-state index contributed by atoms with van der Waals surface area (Å²) in [6, 6.07) is 6.20. The van der Waals surface area contributed by atoms with Gasteiger partial charge in [-0.05, 0) is 12.1 Å². The predicted molar refractivity (Wildman–Crippen MR) is 80.8 cm³/mol. The maximum Gasteiger partial charge on any atom is 0.198 e. The number of nitrogens with zero attached hydrogens (tertiary/aromatic N) is 1. The average Bonchev–Trinajstić information content (AvgIpc) is 2.50. The number of hydrogen-bond donors (Lipinski definition) is 2. The average molecular weight is 318 g/mol. The molecule has 1 heterocycles. The van der Waals surface area contributed by atoms with Crippen LogP contribution in [0.15, 0.2) is 36.5 Å². The summed E-state index contributed by atoms with van der Waals surface area (Å²) < 4.78 is 38.1. The van der Waals surface area contributed by atoms with E-state index in [0.717, 1.165) is 12.1 Å². The van der Waals surface area contributed by atoms with E-state index >= 15 is 0 Å². The second-order valence-electron chi connectivity index (χ2n) is 4.77. The number of halogens is 2. The molecule has 3 aromatic rings. The van der Waals surface area contributed by atoms with Gasteiger partial charge in [0.15, 0.2) is 28.9 Å². The number of nitrogen functional groups attached to an aromatic ring is 1. The molecule has 23 heavy (non-hydrogen) atoms. The molecular weight excluding hydrogens is 306 g/mol. The third-order valence-corrected chi connectivity index (χ3v) is 3.23. The molecule has 1 aromatic heterocycles. The molecular formula is C16H12F2N2O3. The number of phenolic OH excluding ortho intramolecular Hbond substituents is 1. The van der Waals surface area contributed by atoms with Crippen molar-refractivity contribution in [3.05, 3.63) is 48.2 Å². The van der Waals surface area contributed by atoms with E-state index in [9.17, 15) is 13.9 Å². The maximum atomic E-state index is 13.9. The predicted octanol–water partition coefficient (Wildman–Crippen LogP) is 3.60. The number of phenols is 1. The van der Waals surface area contributed by atoms with E-state index in [2.05, 4.69) is 4.98 Å². The van der Waals surface area contributed by atoms with Gasteiger partial charge in [0.2, 0.25) is 0 Å². The largest absolute Gasteiger partial charge is 0.504 e. The molecule has 118 valence electrons. The summed E-state index contributed by atoms with van der Waals surface area (Å²) >= 11 is 0. The van der Waals surface area contributed by atoms with Crippen LogP contribution in [0.4, 0.5) is 14.5 Å². The lowest BCUT2D eigenvalue weighted by atomic mass is 10.2. The lowest BCUT2D eigenvalue weighted by Gasteiger charge is -2.12. The quantitative estimate of drug-likeness (QED) is 0.721. The molecule has 0 aliphatic rings. The monoisotopic (exact) mass is 318 g/mol. The minimum Gasteiger partial charge on any atom is -0.504 e. The van der Waals surface area contributed by atoms with E-state index in [0.29, 0.717) is 10.9 Å². The first-order valence-corrected chi connectivity index (χ1v) is 6.57. The number of rotatable bonds is 3. The Morgan fingerprint density at radius 1 is 1.09 bits per heavy atom. The summed E-state index contributed by atoms with van der Waals surface area (Å²) in [7, 11) is 1.40. The van der Waals surface area contributed by atoms with Crippen molar-refractivity contribution >= 4 is 16.6 Å². The van der Waals surface area contributed by atoms with E-state index in [4.69, 9.17) is 15.2 Å². The smallest absolute Gasteiger partial charge is 0.198 e. The molecule has 0 radical (unpaired) electrons. The van der Waals surface area contributed by atoms with E-state index in [1.54, 1.807) is 0 Å². The first kappa shape index (κ1) is 14.8. The third kappa shape index (κ3) is 2.68. The Morgan fingerprint density at radius 3 is 2.43 bits per heavy atom. The summed E-state index contributed by atoms with van der Waals surface area (Å²) in [4.78, 5) is 4.11. The molecule has 0 aliphatic heterocycles. The van der Waals surface area contributed by atoms with Crippen LogP contribution in [0.3, 0.4) is 0 Å². The highest BCUT2D eigenvalue weighted by molar-refractivity contribution is 5.88. The highest BCUT2D eigenvalue weighted by atomic mass is 19.1. The summed E-state index contributed by atoms with van der Waals surface area (Å²) in [6.07, 6.45) is 1.42. The topological polar surface area (TPSA) is 77.6 Å². The van der Waals surface area contributed by atoms with Crippen LogP contribution < -0.4 is 15.2 Å². The fraction of sp³-hybridized carbons (Fsp3) is 0.0625. The lowest BCUT2D eigenvalue weighted by molar-refractivity contribution is 0.374. The molecule has 0 fully saturated rings. The number of methoxy groups -OCH3 is 1. The number of pyridine rings is 1. The van der Waals surface area contributed by atoms with Gasteiger partial charge in [-0.15, -0.1) is 0 Å². The summed E-state index contributed by atoms with van der Waals surface area (Å²) in [5, 5.41) is 10.2. The number of hydrogen-bond acceptors (Lipinski definition) is 5. The van der Waals surface area contributed by atoms with Gasteiger partial charge in [-0.2, -0.15) is 0 Å². The van der Waals surface area contributed by atoms with Crippen LogP contribution in [0.2, 0.25) is 0 Å². The van der Waals surface area contributed by atoms with Gasteiger partial charge in [-0.25, -0.2) is 8.78 Å². The van der Waals surface area contributed by atoms with Gasteiger partial charge in [-0.3, -0.25) is 4.98 Å². The third-order valence-electron chi connectivity index (χ3n) is 3.23. The molecule has 0 unspecified atom stereocenters. The van der Waals surface area contributed by atoms with Gasteiger partial charge >= 0.3 is 0 Å². The van der Waals surface area contributed by atoms with Crippen LogP contribution >= 0.6 is 0 Å². The zero-order valence-electron chi connectivity index (χ0n) is 12.0. The summed E-state index contributed by atoms with van der Waals surface area (Å²) in [5.41, 5.74) is 5.76. The highest BCUT2D eigenvalue weighted by Crippen LogP contribution is 2.37. The molecule has 5 nitrogen and oxygen atoms in total. The van der Waals surface area contributed by atoms with Crippen molar-refractivity contribution < 1.29 is 23.4 Å². The van der Waals surface area contributed by atoms with E-state index in [-0.39, 0.29) is 22.9 Å². The van der Waals surface area contributed by atoms with E-state index in [1.807, 2.05) is 0 Å². The van der Waals surface area contributed by atoms with Crippen LogP contribution in [0.5, 0.6) is 23.0 Å². The molecule has 0 saturated heterocycles. The lowest BCUT2D eigenvalue weighted by Crippen LogP contribution is -1.97. The Morgan fingerprint density at radius 2 is 1.78 bits per heavy atom. The number of benzene rings is 2. The highest BCUT2D eigenvalue weighted by Gasteiger charge is 2.16. The normalized spacial score (nSPS) is 10.7. The number of fused-ring (bicyclic) bond motifs is 1. The molecule has 0 saturated carbocycles. The molecule has 3 N–H and O–H groups in total. The van der Waals surface area contributed by atoms with Gasteiger partial charge in [0, 0.05) is 35.5 Å². The number of nitrogens with two attached hydrogens (primary N) is 1. The number of aromatic hydroxyl groups is 1. The molecule has 0 amide bonds. The van der Waals surface area contributed by atoms with Crippen molar-refractivity contribution in [2.75, 3.05) is 12.8 Å². The minimum absolute atomic E-state index is 0.0469. The first-order valence-electron chi connectivity index (χ1n) is 6.57. The van der Waals surface area contributed by atoms with Crippen LogP contribution in [0, 0.1) is 11.6 Å². The van der Waals surface area contributed by atoms with Crippen LogP contribution in [-0.4, -0.2) is 17.2 Å². The van der Waals surface area contributed by atoms with Crippen molar-refractivity contribution in [1.29, 1.82) is 0 Å².